The maximum absolute atomic E-state index is 12.4. The molecule has 2 unspecified atom stereocenters. The smallest absolute Gasteiger partial charge is 0.242 e. The van der Waals surface area contributed by atoms with E-state index in [0.717, 1.165) is 19.3 Å². The van der Waals surface area contributed by atoms with Gasteiger partial charge in [-0.2, -0.15) is 0 Å². The minimum absolute atomic E-state index is 0.0476. The van der Waals surface area contributed by atoms with Gasteiger partial charge in [0.25, 0.3) is 0 Å². The monoisotopic (exact) mass is 302 g/mol. The van der Waals surface area contributed by atoms with Gasteiger partial charge in [0.1, 0.15) is 6.04 Å². The van der Waals surface area contributed by atoms with E-state index in [4.69, 9.17) is 0 Å². The van der Waals surface area contributed by atoms with Crippen molar-refractivity contribution in [3.05, 3.63) is 35.4 Å². The number of amides is 2. The van der Waals surface area contributed by atoms with Crippen molar-refractivity contribution in [1.82, 2.24) is 10.6 Å². The Balaban J connectivity index is 1.99. The summed E-state index contributed by atoms with van der Waals surface area (Å²) in [5, 5.41) is 5.86. The number of benzene rings is 1. The van der Waals surface area contributed by atoms with Crippen LogP contribution in [0, 0.1) is 5.41 Å². The Morgan fingerprint density at radius 2 is 1.91 bits per heavy atom. The van der Waals surface area contributed by atoms with Crippen molar-refractivity contribution in [2.45, 2.75) is 59.0 Å². The van der Waals surface area contributed by atoms with Crippen LogP contribution >= 0.6 is 0 Å². The van der Waals surface area contributed by atoms with Gasteiger partial charge in [-0.3, -0.25) is 9.59 Å². The third-order valence-electron chi connectivity index (χ3n) is 4.11. The summed E-state index contributed by atoms with van der Waals surface area (Å²) in [6, 6.07) is 7.77. The summed E-state index contributed by atoms with van der Waals surface area (Å²) in [6.45, 7) is 7.24. The maximum atomic E-state index is 12.4. The van der Waals surface area contributed by atoms with Gasteiger partial charge >= 0.3 is 0 Å². The second-order valence-corrected chi connectivity index (χ2v) is 7.10. The zero-order chi connectivity index (χ0) is 16.3. The van der Waals surface area contributed by atoms with Crippen molar-refractivity contribution in [2.75, 3.05) is 0 Å². The van der Waals surface area contributed by atoms with Crippen LogP contribution in [0.25, 0.3) is 0 Å². The number of nitrogens with one attached hydrogen (secondary N) is 2. The van der Waals surface area contributed by atoms with Gasteiger partial charge in [0.05, 0.1) is 6.04 Å². The van der Waals surface area contributed by atoms with Crippen molar-refractivity contribution in [3.63, 3.8) is 0 Å². The molecule has 2 amide bonds. The van der Waals surface area contributed by atoms with Crippen molar-refractivity contribution in [3.8, 4) is 0 Å². The first kappa shape index (κ1) is 16.5. The predicted molar refractivity (Wildman–Crippen MR) is 87.3 cm³/mol. The van der Waals surface area contributed by atoms with Gasteiger partial charge in [-0.25, -0.2) is 0 Å². The van der Waals surface area contributed by atoms with Gasteiger partial charge in [-0.05, 0) is 37.3 Å². The highest BCUT2D eigenvalue weighted by Crippen LogP contribution is 2.29. The molecule has 2 atom stereocenters. The lowest BCUT2D eigenvalue weighted by Gasteiger charge is -2.28. The number of hydrogen-bond donors (Lipinski definition) is 2. The molecule has 1 aromatic rings. The van der Waals surface area contributed by atoms with Crippen molar-refractivity contribution in [1.29, 1.82) is 0 Å². The Labute approximate surface area is 132 Å². The molecule has 0 heterocycles. The second kappa shape index (κ2) is 6.51. The van der Waals surface area contributed by atoms with Crippen LogP contribution in [0.2, 0.25) is 0 Å². The van der Waals surface area contributed by atoms with Gasteiger partial charge in [0.2, 0.25) is 11.8 Å². The Bertz CT molecular complexity index is 560. The molecule has 2 N–H and O–H groups in total. The number of aryl methyl sites for hydroxylation is 1. The molecule has 120 valence electrons. The predicted octanol–water partition coefficient (Wildman–Crippen LogP) is 2.73. The highest BCUT2D eigenvalue weighted by molar-refractivity contribution is 5.89. The molecule has 0 fully saturated rings. The third-order valence-corrected chi connectivity index (χ3v) is 4.11. The summed E-state index contributed by atoms with van der Waals surface area (Å²) in [7, 11) is 0. The summed E-state index contributed by atoms with van der Waals surface area (Å²) in [5.41, 5.74) is 2.02. The minimum atomic E-state index is -0.527. The molecule has 1 aliphatic rings. The summed E-state index contributed by atoms with van der Waals surface area (Å²) in [5.74, 6) is -0.238. The first-order chi connectivity index (χ1) is 10.3. The molecule has 0 spiro atoms. The normalized spacial score (nSPS) is 19.0. The lowest BCUT2D eigenvalue weighted by molar-refractivity contribution is -0.133. The average Bonchev–Trinajstić information content (AvgIpc) is 2.46. The second-order valence-electron chi connectivity index (χ2n) is 7.10. The molecule has 22 heavy (non-hydrogen) atoms. The van der Waals surface area contributed by atoms with E-state index >= 15 is 0 Å². The van der Waals surface area contributed by atoms with Gasteiger partial charge in [-0.1, -0.05) is 45.0 Å². The standard InChI is InChI=1S/C18H26N2O2/c1-12(19-17(22)18(2,3)4)16(21)20-15-11-7-9-13-8-5-6-10-14(13)15/h5-6,8,10,12,15H,7,9,11H2,1-4H3,(H,19,22)(H,20,21). The van der Waals surface area contributed by atoms with Crippen LogP contribution in [-0.2, 0) is 16.0 Å². The van der Waals surface area contributed by atoms with Gasteiger partial charge in [-0.15, -0.1) is 0 Å². The van der Waals surface area contributed by atoms with Crippen LogP contribution in [0.3, 0.4) is 0 Å². The molecule has 1 aromatic carbocycles. The van der Waals surface area contributed by atoms with Crippen molar-refractivity contribution in [2.24, 2.45) is 5.41 Å². The molecule has 0 radical (unpaired) electrons. The molecule has 0 aromatic heterocycles. The molecule has 4 heteroatoms. The van der Waals surface area contributed by atoms with Crippen LogP contribution in [-0.4, -0.2) is 17.9 Å². The average molecular weight is 302 g/mol. The molecule has 0 saturated carbocycles. The van der Waals surface area contributed by atoms with E-state index in [1.807, 2.05) is 32.9 Å². The van der Waals surface area contributed by atoms with Crippen LogP contribution in [0.15, 0.2) is 24.3 Å². The van der Waals surface area contributed by atoms with E-state index in [2.05, 4.69) is 22.8 Å². The van der Waals surface area contributed by atoms with E-state index in [9.17, 15) is 9.59 Å². The first-order valence-electron chi connectivity index (χ1n) is 7.98. The van der Waals surface area contributed by atoms with E-state index in [1.165, 1.54) is 11.1 Å². The molecular formula is C18H26N2O2. The first-order valence-corrected chi connectivity index (χ1v) is 7.98. The Morgan fingerprint density at radius 1 is 1.23 bits per heavy atom. The lowest BCUT2D eigenvalue weighted by Crippen LogP contribution is -2.49. The van der Waals surface area contributed by atoms with Crippen LogP contribution in [0.1, 0.15) is 57.7 Å². The third kappa shape index (κ3) is 3.87. The SMILES string of the molecule is CC(NC(=O)C(C)(C)C)C(=O)NC1CCCc2ccccc21. The summed E-state index contributed by atoms with van der Waals surface area (Å²) >= 11 is 0. The quantitative estimate of drug-likeness (QED) is 0.902. The fourth-order valence-electron chi connectivity index (χ4n) is 2.68. The number of fused-ring (bicyclic) bond motifs is 1. The molecule has 0 aliphatic heterocycles. The van der Waals surface area contributed by atoms with Crippen molar-refractivity contribution < 1.29 is 9.59 Å². The van der Waals surface area contributed by atoms with Crippen LogP contribution < -0.4 is 10.6 Å². The maximum Gasteiger partial charge on any atom is 0.242 e. The number of carbonyl (C=O) groups is 2. The molecule has 2 rings (SSSR count). The topological polar surface area (TPSA) is 58.2 Å². The highest BCUT2D eigenvalue weighted by atomic mass is 16.2. The zero-order valence-corrected chi connectivity index (χ0v) is 13.9. The van der Waals surface area contributed by atoms with E-state index in [-0.39, 0.29) is 17.9 Å². The van der Waals surface area contributed by atoms with Crippen LogP contribution in [0.4, 0.5) is 0 Å². The summed E-state index contributed by atoms with van der Waals surface area (Å²) in [4.78, 5) is 24.3. The molecule has 0 saturated heterocycles. The van der Waals surface area contributed by atoms with Gasteiger partial charge < -0.3 is 10.6 Å². The van der Waals surface area contributed by atoms with E-state index in [1.54, 1.807) is 6.92 Å². The minimum Gasteiger partial charge on any atom is -0.348 e. The molecule has 1 aliphatic carbocycles. The van der Waals surface area contributed by atoms with Crippen LogP contribution in [0.5, 0.6) is 0 Å². The Kier molecular flexibility index (Phi) is 4.89. The fraction of sp³-hybridized carbons (Fsp3) is 0.556. The van der Waals surface area contributed by atoms with E-state index < -0.39 is 11.5 Å². The Hall–Kier alpha value is -1.84. The molecule has 4 nitrogen and oxygen atoms in total. The van der Waals surface area contributed by atoms with Crippen molar-refractivity contribution >= 4 is 11.8 Å². The molecular weight excluding hydrogens is 276 g/mol. The van der Waals surface area contributed by atoms with Gasteiger partial charge in [0.15, 0.2) is 0 Å². The van der Waals surface area contributed by atoms with Gasteiger partial charge in [0, 0.05) is 5.41 Å². The number of carbonyl (C=O) groups excluding carboxylic acids is 2. The summed E-state index contributed by atoms with van der Waals surface area (Å²) in [6.07, 6.45) is 3.09. The zero-order valence-electron chi connectivity index (χ0n) is 13.9. The molecule has 0 bridgehead atoms. The largest absolute Gasteiger partial charge is 0.348 e. The Morgan fingerprint density at radius 3 is 2.59 bits per heavy atom. The highest BCUT2D eigenvalue weighted by Gasteiger charge is 2.27. The number of rotatable bonds is 3. The fourth-order valence-corrected chi connectivity index (χ4v) is 2.68. The summed E-state index contributed by atoms with van der Waals surface area (Å²) < 4.78 is 0. The van der Waals surface area contributed by atoms with E-state index in [0.29, 0.717) is 0 Å². The lowest BCUT2D eigenvalue weighted by atomic mass is 9.87. The number of hydrogen-bond acceptors (Lipinski definition) is 2.